The van der Waals surface area contributed by atoms with Crippen LogP contribution in [0.4, 0.5) is 0 Å². The van der Waals surface area contributed by atoms with Gasteiger partial charge in [0.1, 0.15) is 16.8 Å². The molecule has 0 aliphatic heterocycles. The summed E-state index contributed by atoms with van der Waals surface area (Å²) in [6.45, 7) is 4.06. The molecule has 0 atom stereocenters. The van der Waals surface area contributed by atoms with E-state index in [9.17, 15) is 0 Å². The average Bonchev–Trinajstić information content (AvgIpc) is 2.98. The number of ether oxygens (including phenoxy) is 1. The molecule has 4 heteroatoms. The van der Waals surface area contributed by atoms with Crippen LogP contribution < -0.4 is 4.74 Å². The summed E-state index contributed by atoms with van der Waals surface area (Å²) in [6.07, 6.45) is 0.134. The third kappa shape index (κ3) is 2.42. The summed E-state index contributed by atoms with van der Waals surface area (Å²) in [5.74, 6) is 0.885. The fourth-order valence-corrected chi connectivity index (χ4v) is 2.75. The monoisotopic (exact) mass is 303 g/mol. The van der Waals surface area contributed by atoms with E-state index in [0.29, 0.717) is 0 Å². The predicted octanol–water partition coefficient (Wildman–Crippen LogP) is 4.36. The van der Waals surface area contributed by atoms with Crippen molar-refractivity contribution < 1.29 is 4.74 Å². The molecule has 0 bridgehead atoms. The molecule has 4 aromatic rings. The van der Waals surface area contributed by atoms with Gasteiger partial charge in [-0.05, 0) is 38.1 Å². The van der Waals surface area contributed by atoms with Crippen LogP contribution in [-0.2, 0) is 0 Å². The molecule has 0 radical (unpaired) electrons. The topological polar surface area (TPSA) is 39.9 Å². The molecule has 23 heavy (non-hydrogen) atoms. The van der Waals surface area contributed by atoms with Crippen LogP contribution in [0.25, 0.3) is 27.5 Å². The minimum absolute atomic E-state index is 0.134. The molecule has 4 nitrogen and oxygen atoms in total. The second kappa shape index (κ2) is 5.39. The second-order valence-electron chi connectivity index (χ2n) is 5.77. The fourth-order valence-electron chi connectivity index (χ4n) is 2.75. The van der Waals surface area contributed by atoms with Gasteiger partial charge in [-0.15, -0.1) is 15.0 Å². The molecule has 0 saturated heterocycles. The van der Waals surface area contributed by atoms with Crippen LogP contribution in [-0.4, -0.2) is 21.1 Å². The maximum absolute atomic E-state index is 5.93. The highest BCUT2D eigenvalue weighted by Gasteiger charge is 2.11. The van der Waals surface area contributed by atoms with Crippen LogP contribution in [0, 0.1) is 0 Å². The van der Waals surface area contributed by atoms with Gasteiger partial charge in [-0.25, -0.2) is 0 Å². The van der Waals surface area contributed by atoms with Crippen molar-refractivity contribution in [1.82, 2.24) is 15.0 Å². The second-order valence-corrected chi connectivity index (χ2v) is 5.77. The lowest BCUT2D eigenvalue weighted by Crippen LogP contribution is -2.07. The van der Waals surface area contributed by atoms with E-state index in [-0.39, 0.29) is 6.10 Å². The van der Waals surface area contributed by atoms with Gasteiger partial charge in [0.05, 0.1) is 11.8 Å². The number of nitrogens with zero attached hydrogens (tertiary/aromatic N) is 3. The van der Waals surface area contributed by atoms with Crippen molar-refractivity contribution in [3.05, 3.63) is 60.7 Å². The van der Waals surface area contributed by atoms with Crippen molar-refractivity contribution >= 4 is 21.8 Å². The first kappa shape index (κ1) is 13.8. The molecular formula is C19H17N3O. The minimum Gasteiger partial charge on any atom is -0.490 e. The van der Waals surface area contributed by atoms with Crippen molar-refractivity contribution in [2.45, 2.75) is 20.0 Å². The van der Waals surface area contributed by atoms with E-state index in [1.807, 2.05) is 62.4 Å². The van der Waals surface area contributed by atoms with Gasteiger partial charge in [0.15, 0.2) is 0 Å². The number of fused-ring (bicyclic) bond motifs is 2. The van der Waals surface area contributed by atoms with Crippen LogP contribution in [0.5, 0.6) is 5.75 Å². The van der Waals surface area contributed by atoms with Gasteiger partial charge in [-0.1, -0.05) is 36.4 Å². The highest BCUT2D eigenvalue weighted by Crippen LogP contribution is 2.31. The van der Waals surface area contributed by atoms with Crippen molar-refractivity contribution in [2.75, 3.05) is 0 Å². The molecule has 114 valence electrons. The molecule has 0 saturated carbocycles. The zero-order chi connectivity index (χ0) is 15.8. The van der Waals surface area contributed by atoms with Gasteiger partial charge in [0.25, 0.3) is 0 Å². The summed E-state index contributed by atoms with van der Waals surface area (Å²) < 4.78 is 5.93. The first-order valence-electron chi connectivity index (χ1n) is 7.73. The summed E-state index contributed by atoms with van der Waals surface area (Å²) in [4.78, 5) is 1.70. The molecule has 0 aliphatic rings. The first-order valence-corrected chi connectivity index (χ1v) is 7.73. The smallest absolute Gasteiger partial charge is 0.127 e. The summed E-state index contributed by atoms with van der Waals surface area (Å²) in [5, 5.41) is 11.3. The fraction of sp³-hybridized carbons (Fsp3) is 0.158. The summed E-state index contributed by atoms with van der Waals surface area (Å²) in [7, 11) is 0. The normalized spacial score (nSPS) is 11.4. The van der Waals surface area contributed by atoms with Gasteiger partial charge >= 0.3 is 0 Å². The molecule has 1 aromatic heterocycles. The van der Waals surface area contributed by atoms with Gasteiger partial charge in [0, 0.05) is 10.8 Å². The first-order chi connectivity index (χ1) is 11.2. The van der Waals surface area contributed by atoms with Crippen molar-refractivity contribution in [3.8, 4) is 11.4 Å². The van der Waals surface area contributed by atoms with Crippen LogP contribution in [0.1, 0.15) is 13.8 Å². The minimum atomic E-state index is 0.134. The molecule has 0 N–H and O–H groups in total. The lowest BCUT2D eigenvalue weighted by molar-refractivity contribution is 0.245. The number of hydrogen-bond acceptors (Lipinski definition) is 3. The van der Waals surface area contributed by atoms with E-state index in [0.717, 1.165) is 33.2 Å². The largest absolute Gasteiger partial charge is 0.490 e. The Kier molecular flexibility index (Phi) is 3.23. The molecule has 4 rings (SSSR count). The maximum Gasteiger partial charge on any atom is 0.127 e. The molecule has 0 unspecified atom stereocenters. The van der Waals surface area contributed by atoms with Gasteiger partial charge < -0.3 is 4.74 Å². The Morgan fingerprint density at radius 1 is 0.783 bits per heavy atom. The van der Waals surface area contributed by atoms with Crippen LogP contribution in [0.15, 0.2) is 60.7 Å². The van der Waals surface area contributed by atoms with E-state index in [1.54, 1.807) is 4.80 Å². The Hall–Kier alpha value is -2.88. The van der Waals surface area contributed by atoms with Crippen molar-refractivity contribution in [3.63, 3.8) is 0 Å². The Bertz CT molecular complexity index is 955. The van der Waals surface area contributed by atoms with Crippen molar-refractivity contribution in [2.24, 2.45) is 0 Å². The van der Waals surface area contributed by atoms with Crippen LogP contribution >= 0.6 is 0 Å². The number of aromatic nitrogens is 3. The molecule has 0 spiro atoms. The van der Waals surface area contributed by atoms with Gasteiger partial charge in [-0.3, -0.25) is 0 Å². The third-order valence-corrected chi connectivity index (χ3v) is 3.73. The molecule has 3 aromatic carbocycles. The Balaban J connectivity index is 1.93. The Morgan fingerprint density at radius 3 is 2.04 bits per heavy atom. The Morgan fingerprint density at radius 2 is 1.39 bits per heavy atom. The SMILES string of the molecule is CC(C)Oc1ccc(-n2nc3ccccc3n2)c2ccccc12. The Labute approximate surface area is 134 Å². The number of hydrogen-bond donors (Lipinski definition) is 0. The van der Waals surface area contributed by atoms with E-state index >= 15 is 0 Å². The summed E-state index contributed by atoms with van der Waals surface area (Å²) in [6, 6.07) is 20.1. The zero-order valence-electron chi connectivity index (χ0n) is 13.1. The lowest BCUT2D eigenvalue weighted by atomic mass is 10.1. The summed E-state index contributed by atoms with van der Waals surface area (Å²) >= 11 is 0. The van der Waals surface area contributed by atoms with Gasteiger partial charge in [-0.2, -0.15) is 0 Å². The van der Waals surface area contributed by atoms with E-state index in [4.69, 9.17) is 4.74 Å². The molecular weight excluding hydrogens is 286 g/mol. The quantitative estimate of drug-likeness (QED) is 0.564. The standard InChI is InChI=1S/C19H17N3O/c1-13(2)23-19-12-11-18(14-7-3-4-8-15(14)19)22-20-16-9-5-6-10-17(16)21-22/h3-13H,1-2H3. The molecule has 0 fully saturated rings. The predicted molar refractivity (Wildman–Crippen MR) is 92.1 cm³/mol. The summed E-state index contributed by atoms with van der Waals surface area (Å²) in [5.41, 5.74) is 2.73. The maximum atomic E-state index is 5.93. The van der Waals surface area contributed by atoms with Gasteiger partial charge in [0.2, 0.25) is 0 Å². The lowest BCUT2D eigenvalue weighted by Gasteiger charge is -2.14. The van der Waals surface area contributed by atoms with Crippen molar-refractivity contribution in [1.29, 1.82) is 0 Å². The van der Waals surface area contributed by atoms with Crippen LogP contribution in [0.2, 0.25) is 0 Å². The van der Waals surface area contributed by atoms with E-state index < -0.39 is 0 Å². The highest BCUT2D eigenvalue weighted by molar-refractivity contribution is 5.94. The highest BCUT2D eigenvalue weighted by atomic mass is 16.5. The third-order valence-electron chi connectivity index (χ3n) is 3.73. The zero-order valence-corrected chi connectivity index (χ0v) is 13.1. The molecule has 0 aliphatic carbocycles. The number of rotatable bonds is 3. The number of benzene rings is 3. The van der Waals surface area contributed by atoms with Crippen LogP contribution in [0.3, 0.4) is 0 Å². The van der Waals surface area contributed by atoms with E-state index in [2.05, 4.69) is 22.3 Å². The molecule has 0 amide bonds. The molecule has 1 heterocycles. The van der Waals surface area contributed by atoms with E-state index in [1.165, 1.54) is 0 Å². The average molecular weight is 303 g/mol.